The molecule has 0 amide bonds. The molecule has 0 saturated heterocycles. The Morgan fingerprint density at radius 3 is 2.75 bits per heavy atom. The second kappa shape index (κ2) is 7.69. The standard InChI is InChI=1S/C10H21NS/c1-4-6-7-10(11)8-12-9(3)5-2/h4,9-10H,1,5-8,11H2,2-3H3. The predicted molar refractivity (Wildman–Crippen MR) is 59.6 cm³/mol. The van der Waals surface area contributed by atoms with Gasteiger partial charge in [0.2, 0.25) is 0 Å². The topological polar surface area (TPSA) is 26.0 Å². The Morgan fingerprint density at radius 2 is 2.25 bits per heavy atom. The van der Waals surface area contributed by atoms with Crippen LogP contribution in [0.5, 0.6) is 0 Å². The molecule has 0 aromatic rings. The minimum absolute atomic E-state index is 0.349. The van der Waals surface area contributed by atoms with E-state index in [-0.39, 0.29) is 0 Å². The Kier molecular flexibility index (Phi) is 7.72. The van der Waals surface area contributed by atoms with E-state index in [4.69, 9.17) is 5.73 Å². The highest BCUT2D eigenvalue weighted by Gasteiger charge is 2.04. The highest BCUT2D eigenvalue weighted by atomic mass is 32.2. The van der Waals surface area contributed by atoms with Crippen LogP contribution in [0.1, 0.15) is 33.1 Å². The largest absolute Gasteiger partial charge is 0.327 e. The third kappa shape index (κ3) is 6.74. The van der Waals surface area contributed by atoms with Gasteiger partial charge < -0.3 is 5.73 Å². The summed E-state index contributed by atoms with van der Waals surface area (Å²) < 4.78 is 0. The molecule has 0 aliphatic rings. The van der Waals surface area contributed by atoms with E-state index in [9.17, 15) is 0 Å². The van der Waals surface area contributed by atoms with E-state index in [0.717, 1.165) is 23.8 Å². The van der Waals surface area contributed by atoms with E-state index in [1.54, 1.807) is 0 Å². The summed E-state index contributed by atoms with van der Waals surface area (Å²) in [4.78, 5) is 0. The maximum atomic E-state index is 5.89. The molecule has 0 spiro atoms. The number of hydrogen-bond acceptors (Lipinski definition) is 2. The summed E-state index contributed by atoms with van der Waals surface area (Å²) in [6.07, 6.45) is 5.29. The lowest BCUT2D eigenvalue weighted by atomic mass is 10.2. The molecule has 0 bridgehead atoms. The van der Waals surface area contributed by atoms with Gasteiger partial charge in [0.1, 0.15) is 0 Å². The minimum Gasteiger partial charge on any atom is -0.327 e. The van der Waals surface area contributed by atoms with E-state index in [1.165, 1.54) is 6.42 Å². The predicted octanol–water partition coefficient (Wildman–Crippen LogP) is 2.81. The summed E-state index contributed by atoms with van der Waals surface area (Å²) in [6, 6.07) is 0.349. The summed E-state index contributed by atoms with van der Waals surface area (Å²) >= 11 is 1.98. The quantitative estimate of drug-likeness (QED) is 0.620. The summed E-state index contributed by atoms with van der Waals surface area (Å²) in [6.45, 7) is 8.15. The smallest absolute Gasteiger partial charge is 0.0133 e. The Balaban J connectivity index is 3.29. The SMILES string of the molecule is C=CCCC(N)CSC(C)CC. The molecule has 0 aromatic heterocycles. The lowest BCUT2D eigenvalue weighted by molar-refractivity contribution is 0.683. The van der Waals surface area contributed by atoms with Crippen LogP contribution in [0, 0.1) is 0 Å². The van der Waals surface area contributed by atoms with Crippen LogP contribution >= 0.6 is 11.8 Å². The average molecular weight is 187 g/mol. The highest BCUT2D eigenvalue weighted by molar-refractivity contribution is 7.99. The number of hydrogen-bond donors (Lipinski definition) is 1. The zero-order chi connectivity index (χ0) is 9.40. The molecule has 0 aromatic carbocycles. The molecule has 0 aliphatic carbocycles. The van der Waals surface area contributed by atoms with Crippen molar-refractivity contribution >= 4 is 11.8 Å². The van der Waals surface area contributed by atoms with Crippen molar-refractivity contribution in [2.24, 2.45) is 5.73 Å². The molecule has 0 radical (unpaired) electrons. The van der Waals surface area contributed by atoms with Gasteiger partial charge in [-0.25, -0.2) is 0 Å². The molecule has 0 saturated carbocycles. The third-order valence-electron chi connectivity index (χ3n) is 1.91. The summed E-state index contributed by atoms with van der Waals surface area (Å²) in [5.74, 6) is 1.09. The first kappa shape index (κ1) is 12.0. The first-order valence-electron chi connectivity index (χ1n) is 4.68. The molecule has 2 heteroatoms. The highest BCUT2D eigenvalue weighted by Crippen LogP contribution is 2.15. The van der Waals surface area contributed by atoms with Crippen LogP contribution in [0.25, 0.3) is 0 Å². The molecule has 12 heavy (non-hydrogen) atoms. The van der Waals surface area contributed by atoms with Gasteiger partial charge in [0.15, 0.2) is 0 Å². The Hall–Kier alpha value is 0.0500. The van der Waals surface area contributed by atoms with Gasteiger partial charge in [-0.2, -0.15) is 11.8 Å². The van der Waals surface area contributed by atoms with Gasteiger partial charge in [-0.15, -0.1) is 6.58 Å². The molecule has 0 heterocycles. The van der Waals surface area contributed by atoms with Crippen molar-refractivity contribution in [3.8, 4) is 0 Å². The zero-order valence-corrected chi connectivity index (χ0v) is 9.07. The van der Waals surface area contributed by atoms with Crippen molar-refractivity contribution in [1.82, 2.24) is 0 Å². The normalized spacial score (nSPS) is 15.6. The maximum Gasteiger partial charge on any atom is 0.0133 e. The number of thioether (sulfide) groups is 1. The van der Waals surface area contributed by atoms with Crippen LogP contribution in [0.2, 0.25) is 0 Å². The van der Waals surface area contributed by atoms with Crippen LogP contribution in [-0.4, -0.2) is 17.0 Å². The van der Waals surface area contributed by atoms with Gasteiger partial charge in [0, 0.05) is 17.0 Å². The fraction of sp³-hybridized carbons (Fsp3) is 0.800. The fourth-order valence-electron chi connectivity index (χ4n) is 0.821. The molecule has 2 atom stereocenters. The van der Waals surface area contributed by atoms with Crippen molar-refractivity contribution in [3.63, 3.8) is 0 Å². The van der Waals surface area contributed by atoms with Gasteiger partial charge in [-0.1, -0.05) is 19.9 Å². The molecule has 0 fully saturated rings. The van der Waals surface area contributed by atoms with Gasteiger partial charge in [0.25, 0.3) is 0 Å². The van der Waals surface area contributed by atoms with Gasteiger partial charge >= 0.3 is 0 Å². The van der Waals surface area contributed by atoms with Crippen molar-refractivity contribution in [2.75, 3.05) is 5.75 Å². The molecular formula is C10H21NS. The first-order chi connectivity index (χ1) is 5.70. The van der Waals surface area contributed by atoms with Gasteiger partial charge in [0.05, 0.1) is 0 Å². The third-order valence-corrected chi connectivity index (χ3v) is 3.43. The van der Waals surface area contributed by atoms with Gasteiger partial charge in [-0.3, -0.25) is 0 Å². The van der Waals surface area contributed by atoms with E-state index >= 15 is 0 Å². The molecule has 0 rings (SSSR count). The van der Waals surface area contributed by atoms with Crippen LogP contribution in [0.4, 0.5) is 0 Å². The zero-order valence-electron chi connectivity index (χ0n) is 8.25. The van der Waals surface area contributed by atoms with Crippen molar-refractivity contribution in [1.29, 1.82) is 0 Å². The molecule has 72 valence electrons. The van der Waals surface area contributed by atoms with Crippen molar-refractivity contribution < 1.29 is 0 Å². The molecule has 2 N–H and O–H groups in total. The first-order valence-corrected chi connectivity index (χ1v) is 5.73. The number of allylic oxidation sites excluding steroid dienone is 1. The average Bonchev–Trinajstić information content (AvgIpc) is 2.10. The summed E-state index contributed by atoms with van der Waals surface area (Å²) in [7, 11) is 0. The second-order valence-electron chi connectivity index (χ2n) is 3.18. The summed E-state index contributed by atoms with van der Waals surface area (Å²) in [5, 5.41) is 0.750. The van der Waals surface area contributed by atoms with Gasteiger partial charge in [-0.05, 0) is 19.3 Å². The lowest BCUT2D eigenvalue weighted by Gasteiger charge is -2.13. The molecule has 1 nitrogen and oxygen atoms in total. The van der Waals surface area contributed by atoms with E-state index < -0.39 is 0 Å². The second-order valence-corrected chi connectivity index (χ2v) is 4.65. The fourth-order valence-corrected chi connectivity index (χ4v) is 1.80. The van der Waals surface area contributed by atoms with Crippen LogP contribution in [0.3, 0.4) is 0 Å². The molecular weight excluding hydrogens is 166 g/mol. The van der Waals surface area contributed by atoms with E-state index in [0.29, 0.717) is 6.04 Å². The Labute approximate surface area is 80.8 Å². The Morgan fingerprint density at radius 1 is 1.58 bits per heavy atom. The number of rotatable bonds is 7. The van der Waals surface area contributed by atoms with E-state index in [2.05, 4.69) is 20.4 Å². The monoisotopic (exact) mass is 187 g/mol. The lowest BCUT2D eigenvalue weighted by Crippen LogP contribution is -2.23. The number of nitrogens with two attached hydrogens (primary N) is 1. The van der Waals surface area contributed by atoms with Crippen molar-refractivity contribution in [3.05, 3.63) is 12.7 Å². The van der Waals surface area contributed by atoms with Crippen LogP contribution in [0.15, 0.2) is 12.7 Å². The molecule has 2 unspecified atom stereocenters. The van der Waals surface area contributed by atoms with Crippen molar-refractivity contribution in [2.45, 2.75) is 44.4 Å². The Bertz CT molecular complexity index is 114. The maximum absolute atomic E-state index is 5.89. The molecule has 0 aliphatic heterocycles. The minimum atomic E-state index is 0.349. The van der Waals surface area contributed by atoms with Crippen LogP contribution in [-0.2, 0) is 0 Å². The summed E-state index contributed by atoms with van der Waals surface area (Å²) in [5.41, 5.74) is 5.89. The van der Waals surface area contributed by atoms with E-state index in [1.807, 2.05) is 17.8 Å². The van der Waals surface area contributed by atoms with Crippen LogP contribution < -0.4 is 5.73 Å².